The maximum absolute atomic E-state index is 9.06. The van der Waals surface area contributed by atoms with Gasteiger partial charge in [0.05, 0.1) is 0 Å². The monoisotopic (exact) mass is 260 g/mol. The Kier molecular flexibility index (Phi) is 3.50. The van der Waals surface area contributed by atoms with Gasteiger partial charge in [0, 0.05) is 39.0 Å². The Hall–Kier alpha value is -1.06. The third kappa shape index (κ3) is 2.77. The molecule has 1 aliphatic carbocycles. The number of fused-ring (bicyclic) bond motifs is 1. The van der Waals surface area contributed by atoms with Crippen LogP contribution in [0.15, 0.2) is 18.2 Å². The minimum atomic E-state index is 0.326. The van der Waals surface area contributed by atoms with E-state index in [4.69, 9.17) is 5.11 Å². The Bertz CT molecular complexity index is 454. The van der Waals surface area contributed by atoms with Crippen molar-refractivity contribution in [2.45, 2.75) is 32.2 Å². The van der Waals surface area contributed by atoms with Gasteiger partial charge in [-0.15, -0.1) is 0 Å². The molecule has 104 valence electrons. The molecule has 3 nitrogen and oxygen atoms in total. The van der Waals surface area contributed by atoms with E-state index in [2.05, 4.69) is 35.5 Å². The fourth-order valence-electron chi connectivity index (χ4n) is 3.13. The van der Waals surface area contributed by atoms with E-state index < -0.39 is 0 Å². The first-order valence-corrected chi connectivity index (χ1v) is 7.37. The smallest absolute Gasteiger partial charge is 0.0436 e. The van der Waals surface area contributed by atoms with E-state index in [9.17, 15) is 0 Å². The Balaban J connectivity index is 1.54. The lowest BCUT2D eigenvalue weighted by Gasteiger charge is -2.15. The molecular weight excluding hydrogens is 236 g/mol. The Labute approximate surface area is 115 Å². The van der Waals surface area contributed by atoms with Crippen molar-refractivity contribution >= 4 is 5.69 Å². The van der Waals surface area contributed by atoms with E-state index >= 15 is 0 Å². The number of hydrogen-bond acceptors (Lipinski definition) is 3. The summed E-state index contributed by atoms with van der Waals surface area (Å²) >= 11 is 0. The lowest BCUT2D eigenvalue weighted by atomic mass is 10.0. The summed E-state index contributed by atoms with van der Waals surface area (Å²) < 4.78 is 0. The summed E-state index contributed by atoms with van der Waals surface area (Å²) in [6, 6.07) is 6.83. The molecule has 0 amide bonds. The molecule has 19 heavy (non-hydrogen) atoms. The van der Waals surface area contributed by atoms with E-state index in [1.807, 2.05) is 0 Å². The highest BCUT2D eigenvalue weighted by Crippen LogP contribution is 2.47. The third-order valence-corrected chi connectivity index (χ3v) is 4.70. The Morgan fingerprint density at radius 2 is 2.21 bits per heavy atom. The van der Waals surface area contributed by atoms with Gasteiger partial charge in [-0.25, -0.2) is 0 Å². The molecule has 3 rings (SSSR count). The minimum absolute atomic E-state index is 0.326. The number of anilines is 1. The summed E-state index contributed by atoms with van der Waals surface area (Å²) in [5.41, 5.74) is 4.67. The summed E-state index contributed by atoms with van der Waals surface area (Å²) in [6.45, 7) is 3.47. The molecule has 0 saturated heterocycles. The largest absolute Gasteiger partial charge is 0.396 e. The molecule has 1 aromatic rings. The van der Waals surface area contributed by atoms with Crippen molar-refractivity contribution in [3.05, 3.63) is 29.3 Å². The number of rotatable bonds is 6. The summed E-state index contributed by atoms with van der Waals surface area (Å²) in [7, 11) is 2.16. The van der Waals surface area contributed by atoms with Gasteiger partial charge in [-0.3, -0.25) is 0 Å². The van der Waals surface area contributed by atoms with E-state index in [0.717, 1.165) is 26.1 Å². The van der Waals surface area contributed by atoms with E-state index in [0.29, 0.717) is 12.0 Å². The molecule has 0 atom stereocenters. The minimum Gasteiger partial charge on any atom is -0.396 e. The highest BCUT2D eigenvalue weighted by atomic mass is 16.3. The zero-order valence-corrected chi connectivity index (χ0v) is 11.8. The van der Waals surface area contributed by atoms with Gasteiger partial charge in [0.25, 0.3) is 0 Å². The van der Waals surface area contributed by atoms with Gasteiger partial charge in [0.1, 0.15) is 0 Å². The number of aliphatic hydroxyl groups excluding tert-OH is 1. The number of aliphatic hydroxyl groups is 1. The molecule has 0 bridgehead atoms. The van der Waals surface area contributed by atoms with Crippen LogP contribution in [-0.4, -0.2) is 31.9 Å². The fourth-order valence-corrected chi connectivity index (χ4v) is 3.13. The quantitative estimate of drug-likeness (QED) is 0.820. The first-order valence-electron chi connectivity index (χ1n) is 7.37. The molecule has 1 aromatic carbocycles. The van der Waals surface area contributed by atoms with Crippen LogP contribution in [0.3, 0.4) is 0 Å². The molecule has 0 spiro atoms. The molecule has 1 aliphatic heterocycles. The van der Waals surface area contributed by atoms with Gasteiger partial charge >= 0.3 is 0 Å². The average molecular weight is 260 g/mol. The molecule has 1 heterocycles. The van der Waals surface area contributed by atoms with Crippen LogP contribution in [0.4, 0.5) is 5.69 Å². The molecule has 0 aromatic heterocycles. The van der Waals surface area contributed by atoms with Crippen molar-refractivity contribution in [1.29, 1.82) is 0 Å². The summed E-state index contributed by atoms with van der Waals surface area (Å²) in [4.78, 5) is 2.33. The molecular formula is C16H24N2O. The fraction of sp³-hybridized carbons (Fsp3) is 0.625. The molecule has 1 fully saturated rings. The topological polar surface area (TPSA) is 35.5 Å². The first-order chi connectivity index (χ1) is 9.22. The van der Waals surface area contributed by atoms with Crippen molar-refractivity contribution < 1.29 is 5.11 Å². The molecule has 1 saturated carbocycles. The van der Waals surface area contributed by atoms with Gasteiger partial charge in [-0.05, 0) is 48.3 Å². The van der Waals surface area contributed by atoms with Gasteiger partial charge in [0.2, 0.25) is 0 Å². The second-order valence-electron chi connectivity index (χ2n) is 6.21. The van der Waals surface area contributed by atoms with Crippen LogP contribution in [-0.2, 0) is 13.0 Å². The van der Waals surface area contributed by atoms with Crippen LogP contribution in [0.1, 0.15) is 30.4 Å². The van der Waals surface area contributed by atoms with Crippen molar-refractivity contribution in [3.63, 3.8) is 0 Å². The zero-order chi connectivity index (χ0) is 13.3. The molecule has 3 heteroatoms. The maximum Gasteiger partial charge on any atom is 0.0436 e. The average Bonchev–Trinajstić information content (AvgIpc) is 3.07. The second-order valence-corrected chi connectivity index (χ2v) is 6.21. The number of likely N-dealkylation sites (N-methyl/N-ethyl adjacent to an activating group) is 1. The van der Waals surface area contributed by atoms with Crippen LogP contribution < -0.4 is 10.2 Å². The van der Waals surface area contributed by atoms with Gasteiger partial charge in [-0.1, -0.05) is 12.1 Å². The normalized spacial score (nSPS) is 19.6. The van der Waals surface area contributed by atoms with Crippen molar-refractivity contribution in [3.8, 4) is 0 Å². The van der Waals surface area contributed by atoms with Crippen molar-refractivity contribution in [2.24, 2.45) is 5.41 Å². The van der Waals surface area contributed by atoms with Crippen molar-refractivity contribution in [1.82, 2.24) is 5.32 Å². The number of nitrogens with zero attached hydrogens (tertiary/aromatic N) is 1. The predicted molar refractivity (Wildman–Crippen MR) is 78.5 cm³/mol. The first kappa shape index (κ1) is 12.9. The van der Waals surface area contributed by atoms with Gasteiger partial charge in [0.15, 0.2) is 0 Å². The third-order valence-electron chi connectivity index (χ3n) is 4.70. The number of hydrogen-bond donors (Lipinski definition) is 2. The van der Waals surface area contributed by atoms with Gasteiger partial charge < -0.3 is 15.3 Å². The van der Waals surface area contributed by atoms with Crippen LogP contribution >= 0.6 is 0 Å². The highest BCUT2D eigenvalue weighted by molar-refractivity contribution is 5.58. The number of nitrogens with one attached hydrogen (secondary N) is 1. The van der Waals surface area contributed by atoms with E-state index in [1.165, 1.54) is 36.1 Å². The standard InChI is InChI=1S/C16H24N2O/c1-18-8-4-14-10-13(2-3-15(14)18)11-17-12-16(5-6-16)7-9-19/h2-3,10,17,19H,4-9,11-12H2,1H3. The number of benzene rings is 1. The molecule has 0 radical (unpaired) electrons. The van der Waals surface area contributed by atoms with E-state index in [1.54, 1.807) is 0 Å². The summed E-state index contributed by atoms with van der Waals surface area (Å²) in [5.74, 6) is 0. The maximum atomic E-state index is 9.06. The van der Waals surface area contributed by atoms with Crippen LogP contribution in [0.25, 0.3) is 0 Å². The highest BCUT2D eigenvalue weighted by Gasteiger charge is 2.41. The molecule has 0 unspecified atom stereocenters. The second kappa shape index (κ2) is 5.14. The molecule has 2 aliphatic rings. The van der Waals surface area contributed by atoms with Crippen LogP contribution in [0.2, 0.25) is 0 Å². The van der Waals surface area contributed by atoms with Gasteiger partial charge in [-0.2, -0.15) is 0 Å². The van der Waals surface area contributed by atoms with Crippen LogP contribution in [0, 0.1) is 5.41 Å². The van der Waals surface area contributed by atoms with Crippen LogP contribution in [0.5, 0.6) is 0 Å². The Morgan fingerprint density at radius 3 is 2.95 bits per heavy atom. The zero-order valence-electron chi connectivity index (χ0n) is 11.8. The summed E-state index contributed by atoms with van der Waals surface area (Å²) in [6.07, 6.45) is 4.67. The van der Waals surface area contributed by atoms with Crippen molar-refractivity contribution in [2.75, 3.05) is 31.6 Å². The SMILES string of the molecule is CN1CCc2cc(CNCC3(CCO)CC3)ccc21. The predicted octanol–water partition coefficient (Wildman–Crippen LogP) is 1.93. The lowest BCUT2D eigenvalue weighted by molar-refractivity contribution is 0.245. The Morgan fingerprint density at radius 1 is 1.37 bits per heavy atom. The lowest BCUT2D eigenvalue weighted by Crippen LogP contribution is -2.24. The molecule has 2 N–H and O–H groups in total. The van der Waals surface area contributed by atoms with E-state index in [-0.39, 0.29) is 0 Å². The summed E-state index contributed by atoms with van der Waals surface area (Å²) in [5, 5.41) is 12.6.